The lowest BCUT2D eigenvalue weighted by molar-refractivity contribution is 0.101. The molecule has 0 unspecified atom stereocenters. The summed E-state index contributed by atoms with van der Waals surface area (Å²) in [6.45, 7) is 3.28. The number of nitrogens with one attached hydrogen (secondary N) is 4. The SMILES string of the molecule is Cl.Cl.O=C(Nc1ccc(C2=NCCN2)cc1)c1ccc(-c2ccc(C(=O)Nc3ccc(C4=NCCN4)cc3)cc2)cc1. The highest BCUT2D eigenvalue weighted by Gasteiger charge is 2.12. The maximum Gasteiger partial charge on any atom is 0.255 e. The summed E-state index contributed by atoms with van der Waals surface area (Å²) in [6.07, 6.45) is 0. The smallest absolute Gasteiger partial charge is 0.255 e. The second-order valence-corrected chi connectivity index (χ2v) is 9.53. The summed E-state index contributed by atoms with van der Waals surface area (Å²) < 4.78 is 0. The summed E-state index contributed by atoms with van der Waals surface area (Å²) >= 11 is 0. The highest BCUT2D eigenvalue weighted by molar-refractivity contribution is 6.06. The first kappa shape index (κ1) is 30.3. The van der Waals surface area contributed by atoms with Gasteiger partial charge in [0.25, 0.3) is 11.8 Å². The zero-order valence-electron chi connectivity index (χ0n) is 22.6. The number of amidine groups is 2. The lowest BCUT2D eigenvalue weighted by atomic mass is 10.0. The molecule has 214 valence electrons. The molecule has 2 heterocycles. The van der Waals surface area contributed by atoms with Crippen LogP contribution in [0.25, 0.3) is 11.1 Å². The monoisotopic (exact) mass is 600 g/mol. The molecule has 42 heavy (non-hydrogen) atoms. The fraction of sp³-hybridized carbons (Fsp3) is 0.125. The molecule has 10 heteroatoms. The Morgan fingerprint density at radius 1 is 0.500 bits per heavy atom. The predicted octanol–water partition coefficient (Wildman–Crippen LogP) is 5.40. The van der Waals surface area contributed by atoms with Crippen LogP contribution in [0, 0.1) is 0 Å². The molecule has 4 N–H and O–H groups in total. The quantitative estimate of drug-likeness (QED) is 0.228. The largest absolute Gasteiger partial charge is 0.368 e. The molecular weight excluding hydrogens is 571 g/mol. The number of carbonyl (C=O) groups is 2. The van der Waals surface area contributed by atoms with E-state index in [0.717, 1.165) is 71.5 Å². The van der Waals surface area contributed by atoms with Gasteiger partial charge < -0.3 is 21.3 Å². The predicted molar refractivity (Wildman–Crippen MR) is 174 cm³/mol. The second kappa shape index (κ2) is 13.8. The molecule has 8 nitrogen and oxygen atoms in total. The Bertz CT molecular complexity index is 1480. The molecular formula is C32H30Cl2N6O2. The fourth-order valence-electron chi connectivity index (χ4n) is 4.64. The van der Waals surface area contributed by atoms with Crippen molar-refractivity contribution in [1.82, 2.24) is 10.6 Å². The maximum absolute atomic E-state index is 12.8. The van der Waals surface area contributed by atoms with Crippen LogP contribution in [0.5, 0.6) is 0 Å². The summed E-state index contributed by atoms with van der Waals surface area (Å²) in [6, 6.07) is 30.1. The van der Waals surface area contributed by atoms with E-state index in [1.165, 1.54) is 0 Å². The molecule has 6 rings (SSSR count). The number of halogens is 2. The van der Waals surface area contributed by atoms with Crippen LogP contribution in [-0.2, 0) is 0 Å². The molecule has 0 bridgehead atoms. The number of hydrogen-bond acceptors (Lipinski definition) is 6. The van der Waals surface area contributed by atoms with E-state index in [0.29, 0.717) is 11.1 Å². The molecule has 0 aliphatic carbocycles. The van der Waals surface area contributed by atoms with Crippen molar-refractivity contribution >= 4 is 59.7 Å². The highest BCUT2D eigenvalue weighted by atomic mass is 35.5. The van der Waals surface area contributed by atoms with Crippen molar-refractivity contribution < 1.29 is 9.59 Å². The van der Waals surface area contributed by atoms with Crippen molar-refractivity contribution in [3.8, 4) is 11.1 Å². The molecule has 2 aliphatic heterocycles. The first-order valence-corrected chi connectivity index (χ1v) is 13.2. The molecule has 0 atom stereocenters. The Balaban J connectivity index is 0.00000202. The van der Waals surface area contributed by atoms with Gasteiger partial charge in [-0.25, -0.2) is 0 Å². The molecule has 0 saturated carbocycles. The Morgan fingerprint density at radius 3 is 1.14 bits per heavy atom. The summed E-state index contributed by atoms with van der Waals surface area (Å²) in [5.74, 6) is 1.42. The molecule has 4 aromatic carbocycles. The minimum absolute atomic E-state index is 0. The molecule has 0 spiro atoms. The van der Waals surface area contributed by atoms with Crippen LogP contribution in [0.1, 0.15) is 31.8 Å². The van der Waals surface area contributed by atoms with Crippen molar-refractivity contribution in [1.29, 1.82) is 0 Å². The van der Waals surface area contributed by atoms with E-state index in [1.807, 2.05) is 72.8 Å². The van der Waals surface area contributed by atoms with Gasteiger partial charge in [0.1, 0.15) is 11.7 Å². The lowest BCUT2D eigenvalue weighted by Crippen LogP contribution is -2.19. The minimum atomic E-state index is -0.178. The van der Waals surface area contributed by atoms with Crippen molar-refractivity contribution in [3.63, 3.8) is 0 Å². The van der Waals surface area contributed by atoms with Gasteiger partial charge in [-0.3, -0.25) is 19.6 Å². The number of benzene rings is 4. The van der Waals surface area contributed by atoms with Crippen LogP contribution >= 0.6 is 24.8 Å². The summed E-state index contributed by atoms with van der Waals surface area (Å²) in [7, 11) is 0. The topological polar surface area (TPSA) is 107 Å². The molecule has 0 saturated heterocycles. The number of aliphatic imine (C=N–C) groups is 2. The van der Waals surface area contributed by atoms with Crippen molar-refractivity contribution in [2.45, 2.75) is 0 Å². The van der Waals surface area contributed by atoms with Crippen LogP contribution in [0.15, 0.2) is 107 Å². The molecule has 0 radical (unpaired) electrons. The van der Waals surface area contributed by atoms with Crippen molar-refractivity contribution in [2.24, 2.45) is 9.98 Å². The Morgan fingerprint density at radius 2 is 0.833 bits per heavy atom. The number of rotatable bonds is 7. The van der Waals surface area contributed by atoms with Gasteiger partial charge in [0.15, 0.2) is 0 Å². The number of anilines is 2. The van der Waals surface area contributed by atoms with Crippen LogP contribution in [0.3, 0.4) is 0 Å². The van der Waals surface area contributed by atoms with Gasteiger partial charge >= 0.3 is 0 Å². The second-order valence-electron chi connectivity index (χ2n) is 9.53. The number of carbonyl (C=O) groups excluding carboxylic acids is 2. The minimum Gasteiger partial charge on any atom is -0.368 e. The molecule has 0 fully saturated rings. The molecule has 2 aliphatic rings. The third-order valence-corrected chi connectivity index (χ3v) is 6.81. The first-order valence-electron chi connectivity index (χ1n) is 13.2. The number of amides is 2. The normalized spacial score (nSPS) is 13.3. The van der Waals surface area contributed by atoms with Crippen LogP contribution < -0.4 is 21.3 Å². The number of nitrogens with zero attached hydrogens (tertiary/aromatic N) is 2. The van der Waals surface area contributed by atoms with E-state index in [1.54, 1.807) is 24.3 Å². The average Bonchev–Trinajstić information content (AvgIpc) is 3.74. The van der Waals surface area contributed by atoms with Crippen molar-refractivity contribution in [3.05, 3.63) is 119 Å². The fourth-order valence-corrected chi connectivity index (χ4v) is 4.64. The zero-order valence-corrected chi connectivity index (χ0v) is 24.2. The van der Waals surface area contributed by atoms with Gasteiger partial charge in [0.2, 0.25) is 0 Å². The van der Waals surface area contributed by atoms with Gasteiger partial charge in [-0.1, -0.05) is 24.3 Å². The van der Waals surface area contributed by atoms with E-state index in [4.69, 9.17) is 0 Å². The van der Waals surface area contributed by atoms with Gasteiger partial charge in [0.05, 0.1) is 13.1 Å². The summed E-state index contributed by atoms with van der Waals surface area (Å²) in [5, 5.41) is 12.4. The van der Waals surface area contributed by atoms with Gasteiger partial charge in [0, 0.05) is 46.7 Å². The maximum atomic E-state index is 12.8. The Kier molecular flexibility index (Phi) is 9.96. The summed E-state index contributed by atoms with van der Waals surface area (Å²) in [5.41, 5.74) is 6.49. The van der Waals surface area contributed by atoms with E-state index in [9.17, 15) is 9.59 Å². The van der Waals surface area contributed by atoms with Gasteiger partial charge in [-0.15, -0.1) is 24.8 Å². The van der Waals surface area contributed by atoms with E-state index in [2.05, 4.69) is 31.3 Å². The summed E-state index contributed by atoms with van der Waals surface area (Å²) in [4.78, 5) is 34.3. The number of hydrogen-bond donors (Lipinski definition) is 4. The Hall–Kier alpha value is -4.66. The Labute approximate surface area is 256 Å². The lowest BCUT2D eigenvalue weighted by Gasteiger charge is -2.09. The van der Waals surface area contributed by atoms with Crippen molar-refractivity contribution in [2.75, 3.05) is 36.8 Å². The molecule has 4 aromatic rings. The van der Waals surface area contributed by atoms with Crippen LogP contribution in [0.4, 0.5) is 11.4 Å². The third kappa shape index (κ3) is 6.97. The standard InChI is InChI=1S/C32H28N6O2.2ClH/c39-31(37-27-13-9-23(10-14-27)29-33-17-18-34-29)25-5-1-21(2-6-25)22-3-7-26(8-4-22)32(40)38-28-15-11-24(12-16-28)30-35-19-20-36-30;;/h1-16H,17-20H2,(H,33,34)(H,35,36)(H,37,39)(H,38,40);2*1H. The van der Waals surface area contributed by atoms with E-state index in [-0.39, 0.29) is 36.6 Å². The average molecular weight is 602 g/mol. The van der Waals surface area contributed by atoms with E-state index < -0.39 is 0 Å². The van der Waals surface area contributed by atoms with Crippen LogP contribution in [-0.4, -0.2) is 49.7 Å². The van der Waals surface area contributed by atoms with Gasteiger partial charge in [-0.05, 0) is 83.9 Å². The highest BCUT2D eigenvalue weighted by Crippen LogP contribution is 2.22. The third-order valence-electron chi connectivity index (χ3n) is 6.81. The zero-order chi connectivity index (χ0) is 27.3. The van der Waals surface area contributed by atoms with Gasteiger partial charge in [-0.2, -0.15) is 0 Å². The molecule has 0 aromatic heterocycles. The van der Waals surface area contributed by atoms with Crippen LogP contribution in [0.2, 0.25) is 0 Å². The molecule has 2 amide bonds. The first-order chi connectivity index (χ1) is 19.6. The van der Waals surface area contributed by atoms with E-state index >= 15 is 0 Å².